The second-order valence-electron chi connectivity index (χ2n) is 5.40. The van der Waals surface area contributed by atoms with Gasteiger partial charge >= 0.3 is 0 Å². The van der Waals surface area contributed by atoms with Crippen LogP contribution >= 0.6 is 11.3 Å². The molecule has 114 valence electrons. The Bertz CT molecular complexity index is 1010. The van der Waals surface area contributed by atoms with Crippen molar-refractivity contribution in [1.82, 2.24) is 14.8 Å². The Hall–Kier alpha value is -2.73. The zero-order valence-electron chi connectivity index (χ0n) is 12.7. The highest BCUT2D eigenvalue weighted by molar-refractivity contribution is 7.20. The fourth-order valence-corrected chi connectivity index (χ4v) is 3.68. The highest BCUT2D eigenvalue weighted by atomic mass is 32.1. The first-order chi connectivity index (χ1) is 11.1. The highest BCUT2D eigenvalue weighted by Gasteiger charge is 2.15. The number of thiophene rings is 1. The molecule has 0 fully saturated rings. The minimum absolute atomic E-state index is 0.103. The van der Waals surface area contributed by atoms with Gasteiger partial charge in [0, 0.05) is 29.7 Å². The average Bonchev–Trinajstić information content (AvgIpc) is 3.09. The van der Waals surface area contributed by atoms with E-state index in [1.54, 1.807) is 6.20 Å². The molecule has 0 aliphatic rings. The number of benzene rings is 1. The van der Waals surface area contributed by atoms with Gasteiger partial charge in [-0.25, -0.2) is 0 Å². The summed E-state index contributed by atoms with van der Waals surface area (Å²) < 4.78 is 1.81. The van der Waals surface area contributed by atoms with E-state index in [0.29, 0.717) is 4.88 Å². The molecule has 3 aromatic heterocycles. The van der Waals surface area contributed by atoms with Crippen LogP contribution in [-0.4, -0.2) is 20.7 Å². The number of nitrogens with zero attached hydrogens (tertiary/aromatic N) is 3. The molecule has 0 aliphatic heterocycles. The van der Waals surface area contributed by atoms with Crippen LogP contribution in [-0.2, 0) is 7.05 Å². The van der Waals surface area contributed by atoms with Crippen molar-refractivity contribution < 1.29 is 4.79 Å². The summed E-state index contributed by atoms with van der Waals surface area (Å²) in [4.78, 5) is 18.5. The molecular weight excluding hydrogens is 308 g/mol. The van der Waals surface area contributed by atoms with Crippen LogP contribution in [0.2, 0.25) is 0 Å². The van der Waals surface area contributed by atoms with Crippen molar-refractivity contribution >= 4 is 44.1 Å². The molecule has 6 heteroatoms. The summed E-state index contributed by atoms with van der Waals surface area (Å²) in [6.45, 7) is 1.95. The van der Waals surface area contributed by atoms with E-state index >= 15 is 0 Å². The maximum absolute atomic E-state index is 12.5. The van der Waals surface area contributed by atoms with E-state index in [-0.39, 0.29) is 5.91 Å². The molecule has 0 unspecified atom stereocenters. The molecule has 4 rings (SSSR count). The van der Waals surface area contributed by atoms with Crippen LogP contribution in [0.15, 0.2) is 42.6 Å². The van der Waals surface area contributed by atoms with Crippen LogP contribution in [0.4, 0.5) is 5.69 Å². The second-order valence-corrected chi connectivity index (χ2v) is 6.43. The summed E-state index contributed by atoms with van der Waals surface area (Å²) in [6.07, 6.45) is 1.76. The van der Waals surface area contributed by atoms with Crippen molar-refractivity contribution in [1.29, 1.82) is 0 Å². The first-order valence-electron chi connectivity index (χ1n) is 7.21. The Labute approximate surface area is 136 Å². The van der Waals surface area contributed by atoms with E-state index in [0.717, 1.165) is 32.5 Å². The van der Waals surface area contributed by atoms with Gasteiger partial charge in [-0.3, -0.25) is 14.5 Å². The number of aromatic nitrogens is 3. The van der Waals surface area contributed by atoms with Crippen LogP contribution in [0.25, 0.3) is 21.1 Å². The maximum Gasteiger partial charge on any atom is 0.265 e. The predicted molar refractivity (Wildman–Crippen MR) is 93.0 cm³/mol. The lowest BCUT2D eigenvalue weighted by Crippen LogP contribution is -2.10. The van der Waals surface area contributed by atoms with E-state index < -0.39 is 0 Å². The smallest absolute Gasteiger partial charge is 0.265 e. The van der Waals surface area contributed by atoms with Gasteiger partial charge in [0.05, 0.1) is 16.1 Å². The Morgan fingerprint density at radius 3 is 2.96 bits per heavy atom. The van der Waals surface area contributed by atoms with Crippen LogP contribution in [0.1, 0.15) is 15.4 Å². The van der Waals surface area contributed by atoms with Crippen LogP contribution in [0.5, 0.6) is 0 Å². The lowest BCUT2D eigenvalue weighted by molar-refractivity contribution is 0.103. The minimum Gasteiger partial charge on any atom is -0.321 e. The zero-order chi connectivity index (χ0) is 16.0. The Kier molecular flexibility index (Phi) is 3.12. The fraction of sp³-hybridized carbons (Fsp3) is 0.118. The lowest BCUT2D eigenvalue weighted by atomic mass is 10.2. The third-order valence-corrected chi connectivity index (χ3v) is 4.98. The molecule has 4 aromatic rings. The normalized spacial score (nSPS) is 11.2. The van der Waals surface area contributed by atoms with Gasteiger partial charge in [-0.1, -0.05) is 6.07 Å². The number of fused-ring (bicyclic) bond motifs is 2. The van der Waals surface area contributed by atoms with Crippen LogP contribution < -0.4 is 5.32 Å². The van der Waals surface area contributed by atoms with E-state index in [9.17, 15) is 4.79 Å². The van der Waals surface area contributed by atoms with Gasteiger partial charge in [0.1, 0.15) is 4.83 Å². The third-order valence-electron chi connectivity index (χ3n) is 3.78. The average molecular weight is 322 g/mol. The number of amides is 1. The first-order valence-corrected chi connectivity index (χ1v) is 8.03. The highest BCUT2D eigenvalue weighted by Crippen LogP contribution is 2.28. The quantitative estimate of drug-likeness (QED) is 0.611. The number of aryl methyl sites for hydroxylation is 2. The molecule has 1 N–H and O–H groups in total. The number of carbonyl (C=O) groups excluding carboxylic acids is 1. The summed E-state index contributed by atoms with van der Waals surface area (Å²) in [5.74, 6) is -0.103. The number of carbonyl (C=O) groups is 1. The lowest BCUT2D eigenvalue weighted by Gasteiger charge is -2.05. The Morgan fingerprint density at radius 1 is 1.26 bits per heavy atom. The molecule has 3 heterocycles. The topological polar surface area (TPSA) is 59.8 Å². The van der Waals surface area contributed by atoms with Crippen molar-refractivity contribution in [2.45, 2.75) is 6.92 Å². The van der Waals surface area contributed by atoms with Gasteiger partial charge < -0.3 is 5.32 Å². The number of rotatable bonds is 2. The van der Waals surface area contributed by atoms with E-state index in [2.05, 4.69) is 15.4 Å². The third kappa shape index (κ3) is 2.37. The van der Waals surface area contributed by atoms with Crippen molar-refractivity contribution in [3.05, 3.63) is 53.2 Å². The fourth-order valence-electron chi connectivity index (χ4n) is 2.66. The molecule has 0 spiro atoms. The number of pyridine rings is 1. The van der Waals surface area contributed by atoms with Gasteiger partial charge in [0.25, 0.3) is 5.91 Å². The molecule has 23 heavy (non-hydrogen) atoms. The molecule has 0 saturated heterocycles. The summed E-state index contributed by atoms with van der Waals surface area (Å²) >= 11 is 1.45. The van der Waals surface area contributed by atoms with Crippen LogP contribution in [0, 0.1) is 6.92 Å². The number of hydrogen-bond acceptors (Lipinski definition) is 4. The second kappa shape index (κ2) is 5.17. The van der Waals surface area contributed by atoms with Crippen molar-refractivity contribution in [2.75, 3.05) is 5.32 Å². The largest absolute Gasteiger partial charge is 0.321 e. The Balaban J connectivity index is 1.65. The molecule has 0 bridgehead atoms. The Morgan fingerprint density at radius 2 is 2.13 bits per heavy atom. The van der Waals surface area contributed by atoms with Gasteiger partial charge in [-0.15, -0.1) is 11.3 Å². The standard InChI is InChI=1S/C17H14N4OS/c1-10-13-9-15(23-17(13)21(2)20-10)16(22)19-12-5-6-14-11(8-12)4-3-7-18-14/h3-9H,1-2H3,(H,19,22). The van der Waals surface area contributed by atoms with Crippen molar-refractivity contribution in [3.63, 3.8) is 0 Å². The SMILES string of the molecule is Cc1nn(C)c2sc(C(=O)Nc3ccc4ncccc4c3)cc12. The predicted octanol–water partition coefficient (Wildman–Crippen LogP) is 3.74. The van der Waals surface area contributed by atoms with Crippen LogP contribution in [0.3, 0.4) is 0 Å². The molecule has 0 aliphatic carbocycles. The van der Waals surface area contributed by atoms with E-state index in [4.69, 9.17) is 0 Å². The van der Waals surface area contributed by atoms with Crippen molar-refractivity contribution in [2.24, 2.45) is 7.05 Å². The summed E-state index contributed by atoms with van der Waals surface area (Å²) in [5, 5.41) is 9.35. The van der Waals surface area contributed by atoms with E-state index in [1.165, 1.54) is 11.3 Å². The summed E-state index contributed by atoms with van der Waals surface area (Å²) in [5.41, 5.74) is 2.62. The first kappa shape index (κ1) is 13.9. The molecule has 0 radical (unpaired) electrons. The van der Waals surface area contributed by atoms with Gasteiger partial charge in [-0.05, 0) is 37.3 Å². The van der Waals surface area contributed by atoms with Gasteiger partial charge in [0.15, 0.2) is 0 Å². The summed E-state index contributed by atoms with van der Waals surface area (Å²) in [7, 11) is 1.89. The zero-order valence-corrected chi connectivity index (χ0v) is 13.5. The molecular formula is C17H14N4OS. The summed E-state index contributed by atoms with van der Waals surface area (Å²) in [6, 6.07) is 11.5. The number of anilines is 1. The molecule has 0 saturated carbocycles. The molecule has 0 atom stereocenters. The number of nitrogens with one attached hydrogen (secondary N) is 1. The molecule has 1 amide bonds. The van der Waals surface area contributed by atoms with E-state index in [1.807, 2.05) is 55.1 Å². The van der Waals surface area contributed by atoms with Gasteiger partial charge in [-0.2, -0.15) is 5.10 Å². The number of hydrogen-bond donors (Lipinski definition) is 1. The molecule has 1 aromatic carbocycles. The van der Waals surface area contributed by atoms with Gasteiger partial charge in [0.2, 0.25) is 0 Å². The van der Waals surface area contributed by atoms with Crippen molar-refractivity contribution in [3.8, 4) is 0 Å². The minimum atomic E-state index is -0.103. The monoisotopic (exact) mass is 322 g/mol. The maximum atomic E-state index is 12.5. The molecule has 5 nitrogen and oxygen atoms in total.